The number of nitrogens with zero attached hydrogens (tertiary/aromatic N) is 1. The molecule has 0 radical (unpaired) electrons. The molecule has 186 valence electrons. The predicted molar refractivity (Wildman–Crippen MR) is 128 cm³/mol. The van der Waals surface area contributed by atoms with Gasteiger partial charge in [0.05, 0.1) is 24.4 Å². The molecule has 4 fully saturated rings. The molecule has 0 amide bonds. The molecule has 2 heterocycles. The van der Waals surface area contributed by atoms with Crippen molar-refractivity contribution in [2.24, 2.45) is 17.3 Å². The van der Waals surface area contributed by atoms with Crippen molar-refractivity contribution in [3.63, 3.8) is 0 Å². The van der Waals surface area contributed by atoms with Gasteiger partial charge in [-0.15, -0.1) is 0 Å². The Bertz CT molecular complexity index is 1010. The number of fused-ring (bicyclic) bond motifs is 1. The Morgan fingerprint density at radius 3 is 2.44 bits per heavy atom. The van der Waals surface area contributed by atoms with Gasteiger partial charge in [-0.25, -0.2) is 4.39 Å². The largest absolute Gasteiger partial charge is 0.392 e. The van der Waals surface area contributed by atoms with Crippen LogP contribution in [0.25, 0.3) is 5.57 Å². The van der Waals surface area contributed by atoms with Crippen molar-refractivity contribution >= 4 is 5.57 Å². The molecule has 3 aliphatic carbocycles. The van der Waals surface area contributed by atoms with Crippen LogP contribution in [-0.4, -0.2) is 69.4 Å². The Kier molecular flexibility index (Phi) is 5.00. The molecule has 2 saturated carbocycles. The fourth-order valence-corrected chi connectivity index (χ4v) is 8.80. The number of rotatable bonds is 3. The summed E-state index contributed by atoms with van der Waals surface area (Å²) in [6.07, 6.45) is 4.71. The number of ether oxygens (including phenoxy) is 1. The van der Waals surface area contributed by atoms with Gasteiger partial charge in [0.15, 0.2) is 0 Å². The van der Waals surface area contributed by atoms with Crippen LogP contribution in [0.4, 0.5) is 4.39 Å². The van der Waals surface area contributed by atoms with E-state index in [0.717, 1.165) is 30.4 Å². The molecule has 1 aromatic rings. The van der Waals surface area contributed by atoms with Crippen LogP contribution in [0, 0.1) is 17.3 Å². The normalized spacial score (nSPS) is 49.4. The lowest BCUT2D eigenvalue weighted by atomic mass is 9.51. The number of allylic oxidation sites excluding steroid dienone is 2. The Morgan fingerprint density at radius 1 is 1.03 bits per heavy atom. The summed E-state index contributed by atoms with van der Waals surface area (Å²) in [6, 6.07) is 7.89. The average molecular weight is 472 g/mol. The Morgan fingerprint density at radius 2 is 1.76 bits per heavy atom. The molecule has 3 unspecified atom stereocenters. The zero-order valence-corrected chi connectivity index (χ0v) is 20.5. The molecule has 2 bridgehead atoms. The number of aliphatic hydroxyl groups is 3. The monoisotopic (exact) mass is 471 g/mol. The van der Waals surface area contributed by atoms with E-state index in [-0.39, 0.29) is 36.3 Å². The molecule has 5 nitrogen and oxygen atoms in total. The highest BCUT2D eigenvalue weighted by atomic mass is 19.1. The molecular formula is C28H38FNO4. The van der Waals surface area contributed by atoms with Gasteiger partial charge < -0.3 is 25.0 Å². The molecule has 6 rings (SSSR count). The van der Waals surface area contributed by atoms with Crippen LogP contribution >= 0.6 is 0 Å². The SMILES string of the molecule is CN(C)[C@H]1C[C@@]23CC[C@]4(O2)C2CC=C(c5ccc(CO)cc5)[C@@]2(C)CCC4(F)CC3[C@@H](O)[C@@H]1O. The predicted octanol–water partition coefficient (Wildman–Crippen LogP) is 3.45. The van der Waals surface area contributed by atoms with Crippen LogP contribution < -0.4 is 0 Å². The highest BCUT2D eigenvalue weighted by molar-refractivity contribution is 5.73. The quantitative estimate of drug-likeness (QED) is 0.630. The Labute approximate surface area is 201 Å². The molecule has 1 aromatic carbocycles. The second-order valence-electron chi connectivity index (χ2n) is 12.2. The van der Waals surface area contributed by atoms with Gasteiger partial charge in [0.25, 0.3) is 0 Å². The lowest BCUT2D eigenvalue weighted by molar-refractivity contribution is -0.314. The van der Waals surface area contributed by atoms with E-state index in [1.54, 1.807) is 0 Å². The van der Waals surface area contributed by atoms with E-state index in [1.807, 2.05) is 31.1 Å². The smallest absolute Gasteiger partial charge is 0.140 e. The number of halogens is 1. The van der Waals surface area contributed by atoms with E-state index in [1.165, 1.54) is 5.57 Å². The third kappa shape index (κ3) is 2.78. The van der Waals surface area contributed by atoms with Crippen molar-refractivity contribution in [2.45, 2.75) is 93.6 Å². The van der Waals surface area contributed by atoms with Gasteiger partial charge in [0.1, 0.15) is 11.3 Å². The van der Waals surface area contributed by atoms with Gasteiger partial charge in [0, 0.05) is 17.9 Å². The second kappa shape index (κ2) is 7.36. The molecule has 9 atom stereocenters. The number of likely N-dealkylation sites (N-methyl/N-ethyl adjacent to an activating group) is 1. The standard InChI is InChI=1S/C28H38FNO4/c1-25-10-12-27(29)14-20-23(32)24(33)21(30(2)3)15-26(20)11-13-28(27,34-26)22(25)9-8-19(25)18-6-4-17(16-31)5-7-18/h4-8,20-24,31-33H,9-16H2,1-3H3/t20?,21-,22?,23+,24+,25+,26+,27?,28-/m0/s1. The van der Waals surface area contributed by atoms with Crippen molar-refractivity contribution in [3.05, 3.63) is 41.5 Å². The van der Waals surface area contributed by atoms with Crippen LogP contribution in [0.15, 0.2) is 30.3 Å². The van der Waals surface area contributed by atoms with E-state index >= 15 is 4.39 Å². The van der Waals surface area contributed by atoms with Gasteiger partial charge in [0.2, 0.25) is 0 Å². The van der Waals surface area contributed by atoms with Crippen LogP contribution in [-0.2, 0) is 11.3 Å². The maximum absolute atomic E-state index is 17.1. The molecule has 2 saturated heterocycles. The first-order valence-corrected chi connectivity index (χ1v) is 12.9. The fraction of sp³-hybridized carbons (Fsp3) is 0.714. The van der Waals surface area contributed by atoms with Crippen molar-refractivity contribution < 1.29 is 24.4 Å². The molecule has 6 heteroatoms. The Hall–Kier alpha value is -1.31. The van der Waals surface area contributed by atoms with E-state index in [4.69, 9.17) is 4.74 Å². The van der Waals surface area contributed by atoms with E-state index in [2.05, 4.69) is 25.1 Å². The minimum absolute atomic E-state index is 0.0261. The second-order valence-corrected chi connectivity index (χ2v) is 12.2. The zero-order chi connectivity index (χ0) is 24.1. The maximum atomic E-state index is 17.1. The van der Waals surface area contributed by atoms with Gasteiger partial charge >= 0.3 is 0 Å². The van der Waals surface area contributed by atoms with Gasteiger partial charge in [-0.05, 0) is 81.2 Å². The molecule has 3 N–H and O–H groups in total. The number of aliphatic hydroxyl groups excluding tert-OH is 3. The number of benzene rings is 1. The summed E-state index contributed by atoms with van der Waals surface area (Å²) in [4.78, 5) is 1.97. The van der Waals surface area contributed by atoms with Gasteiger partial charge in [-0.1, -0.05) is 37.3 Å². The van der Waals surface area contributed by atoms with Crippen LogP contribution in [0.5, 0.6) is 0 Å². The Balaban J connectivity index is 1.37. The van der Waals surface area contributed by atoms with E-state index in [0.29, 0.717) is 19.3 Å². The van der Waals surface area contributed by atoms with Crippen LogP contribution in [0.1, 0.15) is 63.0 Å². The highest BCUT2D eigenvalue weighted by Gasteiger charge is 2.77. The van der Waals surface area contributed by atoms with Crippen molar-refractivity contribution in [3.8, 4) is 0 Å². The highest BCUT2D eigenvalue weighted by Crippen LogP contribution is 2.72. The number of alkyl halides is 1. The lowest BCUT2D eigenvalue weighted by Gasteiger charge is -2.64. The first kappa shape index (κ1) is 23.1. The minimum atomic E-state index is -1.49. The summed E-state index contributed by atoms with van der Waals surface area (Å²) in [6.45, 7) is 2.31. The molecular weight excluding hydrogens is 433 g/mol. The molecule has 5 aliphatic rings. The summed E-state index contributed by atoms with van der Waals surface area (Å²) < 4.78 is 24.1. The van der Waals surface area contributed by atoms with Crippen molar-refractivity contribution in [1.29, 1.82) is 0 Å². The number of hydrogen-bond acceptors (Lipinski definition) is 5. The molecule has 2 aliphatic heterocycles. The van der Waals surface area contributed by atoms with E-state index < -0.39 is 29.1 Å². The summed E-state index contributed by atoms with van der Waals surface area (Å²) in [7, 11) is 3.86. The fourth-order valence-electron chi connectivity index (χ4n) is 8.80. The summed E-state index contributed by atoms with van der Waals surface area (Å²) in [5.41, 5.74) is 0.221. The topological polar surface area (TPSA) is 73.2 Å². The molecule has 2 spiro atoms. The molecule has 34 heavy (non-hydrogen) atoms. The van der Waals surface area contributed by atoms with Crippen molar-refractivity contribution in [2.75, 3.05) is 14.1 Å². The van der Waals surface area contributed by atoms with Crippen molar-refractivity contribution in [1.82, 2.24) is 4.90 Å². The minimum Gasteiger partial charge on any atom is -0.392 e. The maximum Gasteiger partial charge on any atom is 0.140 e. The zero-order valence-electron chi connectivity index (χ0n) is 20.5. The molecule has 0 aromatic heterocycles. The number of hydrogen-bond donors (Lipinski definition) is 3. The third-order valence-electron chi connectivity index (χ3n) is 10.6. The first-order valence-electron chi connectivity index (χ1n) is 12.9. The van der Waals surface area contributed by atoms with Gasteiger partial charge in [-0.3, -0.25) is 0 Å². The summed E-state index contributed by atoms with van der Waals surface area (Å²) in [5.74, 6) is -0.322. The van der Waals surface area contributed by atoms with E-state index in [9.17, 15) is 15.3 Å². The summed E-state index contributed by atoms with van der Waals surface area (Å²) in [5, 5.41) is 31.4. The summed E-state index contributed by atoms with van der Waals surface area (Å²) >= 11 is 0. The van der Waals surface area contributed by atoms with Gasteiger partial charge in [-0.2, -0.15) is 0 Å². The lowest BCUT2D eigenvalue weighted by Crippen LogP contribution is -2.72. The van der Waals surface area contributed by atoms with Crippen LogP contribution in [0.3, 0.4) is 0 Å². The first-order chi connectivity index (χ1) is 16.1. The average Bonchev–Trinajstić information content (AvgIpc) is 3.35. The van der Waals surface area contributed by atoms with Crippen LogP contribution in [0.2, 0.25) is 0 Å². The third-order valence-corrected chi connectivity index (χ3v) is 10.6.